The molecule has 3 N–H and O–H groups in total. The molecule has 0 aliphatic heterocycles. The molecular formula is C22H32N4O3S. The molecule has 0 unspecified atom stereocenters. The van der Waals surface area contributed by atoms with Crippen LogP contribution in [0.4, 0.5) is 5.69 Å². The molecule has 0 aliphatic rings. The molecule has 0 bridgehead atoms. The van der Waals surface area contributed by atoms with E-state index < -0.39 is 10.0 Å². The Balaban J connectivity index is 1.85. The van der Waals surface area contributed by atoms with Crippen molar-refractivity contribution < 1.29 is 13.2 Å². The van der Waals surface area contributed by atoms with Crippen molar-refractivity contribution in [2.24, 2.45) is 5.14 Å². The Morgan fingerprint density at radius 2 is 1.83 bits per heavy atom. The number of rotatable bonds is 10. The van der Waals surface area contributed by atoms with Gasteiger partial charge < -0.3 is 10.2 Å². The maximum atomic E-state index is 12.4. The first-order chi connectivity index (χ1) is 14.1. The Bertz CT molecular complexity index is 945. The summed E-state index contributed by atoms with van der Waals surface area (Å²) in [6.45, 7) is 8.54. The summed E-state index contributed by atoms with van der Waals surface area (Å²) in [5.41, 5.74) is 3.28. The first-order valence-corrected chi connectivity index (χ1v) is 11.6. The van der Waals surface area contributed by atoms with Crippen molar-refractivity contribution in [3.63, 3.8) is 0 Å². The second-order valence-electron chi connectivity index (χ2n) is 7.47. The highest BCUT2D eigenvalue weighted by molar-refractivity contribution is 7.89. The van der Waals surface area contributed by atoms with E-state index in [0.29, 0.717) is 6.54 Å². The van der Waals surface area contributed by atoms with Crippen LogP contribution in [0.3, 0.4) is 0 Å². The van der Waals surface area contributed by atoms with Gasteiger partial charge in [0.15, 0.2) is 0 Å². The lowest BCUT2D eigenvalue weighted by molar-refractivity contribution is -0.122. The molecular weight excluding hydrogens is 400 g/mol. The van der Waals surface area contributed by atoms with E-state index in [9.17, 15) is 13.2 Å². The van der Waals surface area contributed by atoms with Crippen LogP contribution < -0.4 is 15.4 Å². The highest BCUT2D eigenvalue weighted by atomic mass is 32.2. The zero-order valence-electron chi connectivity index (χ0n) is 18.1. The van der Waals surface area contributed by atoms with E-state index in [2.05, 4.69) is 42.3 Å². The van der Waals surface area contributed by atoms with Crippen LogP contribution in [0.2, 0.25) is 0 Å². The van der Waals surface area contributed by atoms with Crippen LogP contribution in [-0.4, -0.2) is 52.5 Å². The molecule has 1 atom stereocenters. The van der Waals surface area contributed by atoms with Gasteiger partial charge in [-0.05, 0) is 63.2 Å². The summed E-state index contributed by atoms with van der Waals surface area (Å²) in [5.74, 6) is -0.0502. The van der Waals surface area contributed by atoms with Crippen LogP contribution in [-0.2, 0) is 14.8 Å². The summed E-state index contributed by atoms with van der Waals surface area (Å²) in [6, 6.07) is 14.7. The molecule has 30 heavy (non-hydrogen) atoms. The van der Waals surface area contributed by atoms with Crippen LogP contribution in [0, 0.1) is 6.92 Å². The first kappa shape index (κ1) is 23.9. The molecule has 2 rings (SSSR count). The number of nitrogens with zero attached hydrogens (tertiary/aromatic N) is 2. The van der Waals surface area contributed by atoms with Gasteiger partial charge in [0.2, 0.25) is 15.9 Å². The predicted octanol–water partition coefficient (Wildman–Crippen LogP) is 2.28. The lowest BCUT2D eigenvalue weighted by atomic mass is 10.1. The number of hydrogen-bond donors (Lipinski definition) is 2. The van der Waals surface area contributed by atoms with E-state index in [4.69, 9.17) is 5.14 Å². The van der Waals surface area contributed by atoms with Gasteiger partial charge in [-0.1, -0.05) is 24.3 Å². The third kappa shape index (κ3) is 6.83. The minimum atomic E-state index is -3.71. The molecule has 0 spiro atoms. The summed E-state index contributed by atoms with van der Waals surface area (Å²) in [4.78, 5) is 16.6. The van der Waals surface area contributed by atoms with Gasteiger partial charge in [-0.25, -0.2) is 13.6 Å². The molecule has 2 aromatic carbocycles. The number of carbonyl (C=O) groups is 1. The van der Waals surface area contributed by atoms with Crippen molar-refractivity contribution in [3.8, 4) is 0 Å². The average Bonchev–Trinajstić information content (AvgIpc) is 2.70. The highest BCUT2D eigenvalue weighted by Gasteiger charge is 2.16. The largest absolute Gasteiger partial charge is 0.370 e. The van der Waals surface area contributed by atoms with Crippen molar-refractivity contribution in [2.45, 2.75) is 31.7 Å². The van der Waals surface area contributed by atoms with Gasteiger partial charge in [0, 0.05) is 31.4 Å². The third-order valence-electron chi connectivity index (χ3n) is 5.20. The Morgan fingerprint density at radius 1 is 1.17 bits per heavy atom. The predicted molar refractivity (Wildman–Crippen MR) is 121 cm³/mol. The van der Waals surface area contributed by atoms with Gasteiger partial charge in [-0.2, -0.15) is 0 Å². The van der Waals surface area contributed by atoms with Crippen LogP contribution in [0.25, 0.3) is 0 Å². The van der Waals surface area contributed by atoms with Crippen LogP contribution >= 0.6 is 0 Å². The molecule has 8 heteroatoms. The summed E-state index contributed by atoms with van der Waals surface area (Å²) in [5, 5.41) is 8.12. The molecule has 2 aromatic rings. The number of anilines is 1. The van der Waals surface area contributed by atoms with E-state index in [1.54, 1.807) is 12.1 Å². The van der Waals surface area contributed by atoms with Crippen molar-refractivity contribution in [1.82, 2.24) is 10.2 Å². The zero-order valence-corrected chi connectivity index (χ0v) is 18.9. The van der Waals surface area contributed by atoms with Crippen LogP contribution in [0.1, 0.15) is 31.0 Å². The Hall–Kier alpha value is -2.42. The van der Waals surface area contributed by atoms with Gasteiger partial charge in [-0.15, -0.1) is 0 Å². The Kier molecular flexibility index (Phi) is 8.40. The van der Waals surface area contributed by atoms with Crippen molar-refractivity contribution in [3.05, 3.63) is 59.7 Å². The lowest BCUT2D eigenvalue weighted by Crippen LogP contribution is -2.40. The smallest absolute Gasteiger partial charge is 0.238 e. The number of amides is 1. The Morgan fingerprint density at radius 3 is 2.40 bits per heavy atom. The van der Waals surface area contributed by atoms with Gasteiger partial charge in [0.1, 0.15) is 0 Å². The van der Waals surface area contributed by atoms with Crippen molar-refractivity contribution >= 4 is 21.6 Å². The number of sulfonamides is 1. The Labute approximate surface area is 179 Å². The minimum Gasteiger partial charge on any atom is -0.370 e. The first-order valence-electron chi connectivity index (χ1n) is 10.0. The standard InChI is InChI=1S/C22H32N4O3S/c1-5-26(20-8-6-7-17(2)15-20)14-13-24-22(27)16-25(4)18(3)19-9-11-21(12-10-19)30(23,28)29/h6-12,15,18H,5,13-14,16H2,1-4H3,(H,24,27)(H2,23,28,29)/t18-/m1/s1. The van der Waals surface area contributed by atoms with Gasteiger partial charge in [0.05, 0.1) is 11.4 Å². The fourth-order valence-electron chi connectivity index (χ4n) is 3.23. The van der Waals surface area contributed by atoms with E-state index >= 15 is 0 Å². The highest BCUT2D eigenvalue weighted by Crippen LogP contribution is 2.20. The number of carbonyl (C=O) groups excluding carboxylic acids is 1. The van der Waals surface area contributed by atoms with Crippen molar-refractivity contribution in [2.75, 3.05) is 38.1 Å². The SMILES string of the molecule is CCN(CCNC(=O)CN(C)[C@H](C)c1ccc(S(N)(=O)=O)cc1)c1cccc(C)c1. The number of primary sulfonamides is 1. The van der Waals surface area contributed by atoms with Crippen LogP contribution in [0.15, 0.2) is 53.4 Å². The molecule has 1 amide bonds. The molecule has 0 saturated heterocycles. The molecule has 7 nitrogen and oxygen atoms in total. The van der Waals surface area contributed by atoms with Gasteiger partial charge >= 0.3 is 0 Å². The van der Waals surface area contributed by atoms with E-state index in [-0.39, 0.29) is 23.4 Å². The summed E-state index contributed by atoms with van der Waals surface area (Å²) < 4.78 is 22.8. The summed E-state index contributed by atoms with van der Waals surface area (Å²) >= 11 is 0. The molecule has 0 saturated carbocycles. The third-order valence-corrected chi connectivity index (χ3v) is 6.13. The number of benzene rings is 2. The van der Waals surface area contributed by atoms with Crippen molar-refractivity contribution in [1.29, 1.82) is 0 Å². The van der Waals surface area contributed by atoms with E-state index in [1.807, 2.05) is 24.9 Å². The average molecular weight is 433 g/mol. The molecule has 164 valence electrons. The van der Waals surface area contributed by atoms with E-state index in [0.717, 1.165) is 24.3 Å². The number of aryl methyl sites for hydroxylation is 1. The maximum Gasteiger partial charge on any atom is 0.238 e. The molecule has 0 aliphatic carbocycles. The van der Waals surface area contributed by atoms with Gasteiger partial charge in [0.25, 0.3) is 0 Å². The summed E-state index contributed by atoms with van der Waals surface area (Å²) in [6.07, 6.45) is 0. The minimum absolute atomic E-state index is 0.0502. The summed E-state index contributed by atoms with van der Waals surface area (Å²) in [7, 11) is -1.84. The zero-order chi connectivity index (χ0) is 22.3. The number of likely N-dealkylation sites (N-methyl/N-ethyl adjacent to an activating group) is 2. The number of nitrogens with two attached hydrogens (primary N) is 1. The molecule has 0 radical (unpaired) electrons. The molecule has 0 fully saturated rings. The van der Waals surface area contributed by atoms with Gasteiger partial charge in [-0.3, -0.25) is 9.69 Å². The lowest BCUT2D eigenvalue weighted by Gasteiger charge is -2.26. The van der Waals surface area contributed by atoms with E-state index in [1.165, 1.54) is 17.7 Å². The molecule has 0 heterocycles. The number of nitrogens with one attached hydrogen (secondary N) is 1. The number of hydrogen-bond acceptors (Lipinski definition) is 5. The normalized spacial score (nSPS) is 12.6. The maximum absolute atomic E-state index is 12.4. The van der Waals surface area contributed by atoms with Crippen LogP contribution in [0.5, 0.6) is 0 Å². The second-order valence-corrected chi connectivity index (χ2v) is 9.04. The molecule has 0 aromatic heterocycles. The fourth-order valence-corrected chi connectivity index (χ4v) is 3.75. The topological polar surface area (TPSA) is 95.7 Å². The fraction of sp³-hybridized carbons (Fsp3) is 0.409. The monoisotopic (exact) mass is 432 g/mol. The quantitative estimate of drug-likeness (QED) is 0.601. The second kappa shape index (κ2) is 10.6.